The second kappa shape index (κ2) is 5.31. The number of hydrogen-bond acceptors (Lipinski definition) is 3. The Morgan fingerprint density at radius 2 is 1.82 bits per heavy atom. The molecular formula is C13H15BrN2S. The molecule has 1 aromatic heterocycles. The van der Waals surface area contributed by atoms with Crippen molar-refractivity contribution in [1.29, 1.82) is 0 Å². The Morgan fingerprint density at radius 3 is 2.29 bits per heavy atom. The molecule has 1 atom stereocenters. The predicted molar refractivity (Wildman–Crippen MR) is 77.1 cm³/mol. The van der Waals surface area contributed by atoms with Crippen molar-refractivity contribution in [3.63, 3.8) is 0 Å². The molecule has 0 aliphatic heterocycles. The minimum absolute atomic E-state index is 0.0601. The number of rotatable bonds is 3. The van der Waals surface area contributed by atoms with Gasteiger partial charge in [0.05, 0.1) is 6.04 Å². The van der Waals surface area contributed by atoms with Gasteiger partial charge in [-0.25, -0.2) is 5.43 Å². The molecule has 0 saturated heterocycles. The number of thiophene rings is 1. The summed E-state index contributed by atoms with van der Waals surface area (Å²) in [5.41, 5.74) is 6.62. The van der Waals surface area contributed by atoms with Crippen LogP contribution in [-0.2, 0) is 0 Å². The van der Waals surface area contributed by atoms with Gasteiger partial charge in [-0.3, -0.25) is 5.84 Å². The third-order valence-corrected chi connectivity index (χ3v) is 4.37. The van der Waals surface area contributed by atoms with Crippen molar-refractivity contribution in [3.05, 3.63) is 55.7 Å². The lowest BCUT2D eigenvalue weighted by Crippen LogP contribution is -2.28. The second-order valence-electron chi connectivity index (χ2n) is 4.19. The molecule has 3 N–H and O–H groups in total. The lowest BCUT2D eigenvalue weighted by Gasteiger charge is -2.16. The summed E-state index contributed by atoms with van der Waals surface area (Å²) in [5, 5.41) is 2.07. The molecule has 2 nitrogen and oxygen atoms in total. The van der Waals surface area contributed by atoms with Gasteiger partial charge in [0.15, 0.2) is 0 Å². The first-order valence-corrected chi connectivity index (χ1v) is 7.05. The van der Waals surface area contributed by atoms with Gasteiger partial charge >= 0.3 is 0 Å². The van der Waals surface area contributed by atoms with E-state index in [1.165, 1.54) is 21.6 Å². The van der Waals surface area contributed by atoms with Gasteiger partial charge in [-0.2, -0.15) is 0 Å². The van der Waals surface area contributed by atoms with Gasteiger partial charge in [-0.05, 0) is 41.4 Å². The third kappa shape index (κ3) is 2.96. The molecule has 1 aromatic carbocycles. The average Bonchev–Trinajstić information content (AvgIpc) is 2.64. The number of benzene rings is 1. The molecule has 0 bridgehead atoms. The van der Waals surface area contributed by atoms with Gasteiger partial charge in [-0.15, -0.1) is 11.3 Å². The monoisotopic (exact) mass is 310 g/mol. The van der Waals surface area contributed by atoms with Crippen molar-refractivity contribution in [2.45, 2.75) is 19.9 Å². The Hall–Kier alpha value is -0.680. The first kappa shape index (κ1) is 12.8. The van der Waals surface area contributed by atoms with E-state index >= 15 is 0 Å². The number of nitrogens with two attached hydrogens (primary N) is 1. The zero-order valence-corrected chi connectivity index (χ0v) is 12.2. The van der Waals surface area contributed by atoms with Crippen LogP contribution < -0.4 is 11.3 Å². The van der Waals surface area contributed by atoms with E-state index in [2.05, 4.69) is 64.8 Å². The van der Waals surface area contributed by atoms with E-state index in [0.29, 0.717) is 0 Å². The Balaban J connectivity index is 2.41. The van der Waals surface area contributed by atoms with Gasteiger partial charge in [-0.1, -0.05) is 29.3 Å². The zero-order chi connectivity index (χ0) is 12.4. The summed E-state index contributed by atoms with van der Waals surface area (Å²) in [6.07, 6.45) is 0. The second-order valence-corrected chi connectivity index (χ2v) is 6.05. The summed E-state index contributed by atoms with van der Waals surface area (Å²) >= 11 is 5.17. The SMILES string of the molecule is Cc1cc(C)cc(C(NN)c2cc(Br)cs2)c1. The van der Waals surface area contributed by atoms with E-state index in [9.17, 15) is 0 Å². The van der Waals surface area contributed by atoms with Crippen molar-refractivity contribution in [2.24, 2.45) is 5.84 Å². The van der Waals surface area contributed by atoms with Crippen LogP contribution >= 0.6 is 27.3 Å². The van der Waals surface area contributed by atoms with Crippen molar-refractivity contribution < 1.29 is 0 Å². The molecule has 0 spiro atoms. The first-order valence-electron chi connectivity index (χ1n) is 5.38. The van der Waals surface area contributed by atoms with Crippen molar-refractivity contribution in [1.82, 2.24) is 5.43 Å². The van der Waals surface area contributed by atoms with Gasteiger partial charge < -0.3 is 0 Å². The average molecular weight is 311 g/mol. The van der Waals surface area contributed by atoms with Crippen LogP contribution in [0.25, 0.3) is 0 Å². The fourth-order valence-corrected chi connectivity index (χ4v) is 3.53. The van der Waals surface area contributed by atoms with E-state index < -0.39 is 0 Å². The standard InChI is InChI=1S/C13H15BrN2S/c1-8-3-9(2)5-10(4-8)13(16-15)12-6-11(14)7-17-12/h3-7,13,16H,15H2,1-2H3. The van der Waals surface area contributed by atoms with Crippen LogP contribution in [-0.4, -0.2) is 0 Å². The van der Waals surface area contributed by atoms with Gasteiger partial charge in [0, 0.05) is 14.7 Å². The van der Waals surface area contributed by atoms with E-state index in [4.69, 9.17) is 5.84 Å². The molecule has 17 heavy (non-hydrogen) atoms. The number of hydrogen-bond donors (Lipinski definition) is 2. The minimum atomic E-state index is 0.0601. The molecule has 1 unspecified atom stereocenters. The molecule has 2 aromatic rings. The lowest BCUT2D eigenvalue weighted by atomic mass is 10.0. The van der Waals surface area contributed by atoms with E-state index in [1.807, 2.05) is 0 Å². The number of nitrogens with one attached hydrogen (secondary N) is 1. The van der Waals surface area contributed by atoms with Crippen molar-refractivity contribution >= 4 is 27.3 Å². The quantitative estimate of drug-likeness (QED) is 0.670. The summed E-state index contributed by atoms with van der Waals surface area (Å²) in [5.74, 6) is 5.69. The van der Waals surface area contributed by atoms with Gasteiger partial charge in [0.1, 0.15) is 0 Å². The third-order valence-electron chi connectivity index (χ3n) is 2.62. The van der Waals surface area contributed by atoms with Crippen LogP contribution in [0.2, 0.25) is 0 Å². The van der Waals surface area contributed by atoms with E-state index in [-0.39, 0.29) is 6.04 Å². The number of aryl methyl sites for hydroxylation is 2. The molecule has 2 rings (SSSR count). The molecule has 0 aliphatic rings. The highest BCUT2D eigenvalue weighted by atomic mass is 79.9. The minimum Gasteiger partial charge on any atom is -0.271 e. The van der Waals surface area contributed by atoms with Crippen LogP contribution in [0, 0.1) is 13.8 Å². The van der Waals surface area contributed by atoms with Crippen LogP contribution in [0.1, 0.15) is 27.6 Å². The maximum absolute atomic E-state index is 5.69. The molecule has 90 valence electrons. The maximum atomic E-state index is 5.69. The summed E-state index contributed by atoms with van der Waals surface area (Å²) in [4.78, 5) is 1.21. The topological polar surface area (TPSA) is 38.0 Å². The lowest BCUT2D eigenvalue weighted by molar-refractivity contribution is 0.645. The highest BCUT2D eigenvalue weighted by Gasteiger charge is 2.14. The Morgan fingerprint density at radius 1 is 1.18 bits per heavy atom. The predicted octanol–water partition coefficient (Wildman–Crippen LogP) is 3.68. The summed E-state index contributed by atoms with van der Waals surface area (Å²) in [6, 6.07) is 8.68. The maximum Gasteiger partial charge on any atom is 0.0803 e. The van der Waals surface area contributed by atoms with E-state index in [0.717, 1.165) is 4.47 Å². The molecule has 0 amide bonds. The van der Waals surface area contributed by atoms with Gasteiger partial charge in [0.25, 0.3) is 0 Å². The fraction of sp³-hybridized carbons (Fsp3) is 0.231. The fourth-order valence-electron chi connectivity index (χ4n) is 2.00. The molecule has 0 fully saturated rings. The summed E-state index contributed by atoms with van der Waals surface area (Å²) in [6.45, 7) is 4.21. The number of halogens is 1. The normalized spacial score (nSPS) is 12.7. The Bertz CT molecular complexity index is 502. The smallest absolute Gasteiger partial charge is 0.0803 e. The van der Waals surface area contributed by atoms with Crippen LogP contribution in [0.15, 0.2) is 34.1 Å². The Labute approximate surface area is 114 Å². The Kier molecular flexibility index (Phi) is 3.99. The zero-order valence-electron chi connectivity index (χ0n) is 9.83. The summed E-state index contributed by atoms with van der Waals surface area (Å²) in [7, 11) is 0. The molecule has 1 heterocycles. The highest BCUT2D eigenvalue weighted by molar-refractivity contribution is 9.10. The molecule has 0 aliphatic carbocycles. The van der Waals surface area contributed by atoms with Crippen LogP contribution in [0.3, 0.4) is 0 Å². The highest BCUT2D eigenvalue weighted by Crippen LogP contribution is 2.30. The van der Waals surface area contributed by atoms with Crippen LogP contribution in [0.4, 0.5) is 0 Å². The molecular weight excluding hydrogens is 296 g/mol. The largest absolute Gasteiger partial charge is 0.271 e. The van der Waals surface area contributed by atoms with Gasteiger partial charge in [0.2, 0.25) is 0 Å². The summed E-state index contributed by atoms with van der Waals surface area (Å²) < 4.78 is 1.10. The molecule has 0 radical (unpaired) electrons. The van der Waals surface area contributed by atoms with E-state index in [1.54, 1.807) is 11.3 Å². The molecule has 0 saturated carbocycles. The van der Waals surface area contributed by atoms with Crippen molar-refractivity contribution in [3.8, 4) is 0 Å². The van der Waals surface area contributed by atoms with Crippen LogP contribution in [0.5, 0.6) is 0 Å². The molecule has 4 heteroatoms. The number of hydrazine groups is 1. The van der Waals surface area contributed by atoms with Crippen molar-refractivity contribution in [2.75, 3.05) is 0 Å². The first-order chi connectivity index (χ1) is 8.10.